The second kappa shape index (κ2) is 10.2. The fourth-order valence-corrected chi connectivity index (χ4v) is 1.08. The molecule has 0 aliphatic heterocycles. The Bertz CT molecular complexity index is 169. The Balaban J connectivity index is 3.45. The molecule has 0 rings (SSSR count). The molecule has 0 heterocycles. The third-order valence-electron chi connectivity index (χ3n) is 1.94. The van der Waals surface area contributed by atoms with Crippen LogP contribution in [0.4, 0.5) is 0 Å². The van der Waals surface area contributed by atoms with Gasteiger partial charge in [-0.15, -0.1) is 0 Å². The molecule has 0 saturated heterocycles. The van der Waals surface area contributed by atoms with Gasteiger partial charge in [0.2, 0.25) is 0 Å². The summed E-state index contributed by atoms with van der Waals surface area (Å²) in [6.07, 6.45) is 13.8. The first kappa shape index (κ1) is 13.2. The highest BCUT2D eigenvalue weighted by Crippen LogP contribution is 1.97. The number of ketones is 1. The van der Waals surface area contributed by atoms with Gasteiger partial charge in [0.1, 0.15) is 5.78 Å². The minimum Gasteiger partial charge on any atom is -0.299 e. The lowest BCUT2D eigenvalue weighted by Gasteiger charge is -1.91. The summed E-state index contributed by atoms with van der Waals surface area (Å²) in [6.45, 7) is 4.28. The number of carbonyl (C=O) groups excluding carboxylic acids is 1. The fourth-order valence-electron chi connectivity index (χ4n) is 1.08. The van der Waals surface area contributed by atoms with E-state index in [0.29, 0.717) is 18.6 Å². The van der Waals surface area contributed by atoms with Crippen molar-refractivity contribution in [3.8, 4) is 0 Å². The molecule has 0 aliphatic carbocycles. The van der Waals surface area contributed by atoms with E-state index in [2.05, 4.69) is 26.0 Å². The minimum absolute atomic E-state index is 0.310. The van der Waals surface area contributed by atoms with Crippen molar-refractivity contribution in [3.63, 3.8) is 0 Å². The van der Waals surface area contributed by atoms with Crippen LogP contribution in [0.5, 0.6) is 0 Å². The lowest BCUT2D eigenvalue weighted by molar-refractivity contribution is -0.117. The zero-order valence-corrected chi connectivity index (χ0v) is 9.46. The van der Waals surface area contributed by atoms with Gasteiger partial charge in [-0.1, -0.05) is 51.0 Å². The zero-order valence-electron chi connectivity index (χ0n) is 9.46. The average Bonchev–Trinajstić information content (AvgIpc) is 2.19. The molecule has 0 saturated carbocycles. The summed E-state index contributed by atoms with van der Waals surface area (Å²) in [5.74, 6) is 0.310. The number of carbonyl (C=O) groups is 1. The molecule has 0 aromatic rings. The van der Waals surface area contributed by atoms with E-state index in [-0.39, 0.29) is 0 Å². The first-order chi connectivity index (χ1) is 6.81. The lowest BCUT2D eigenvalue weighted by Crippen LogP contribution is -1.92. The summed E-state index contributed by atoms with van der Waals surface area (Å²) in [6, 6.07) is 0. The van der Waals surface area contributed by atoms with Crippen LogP contribution in [0.2, 0.25) is 0 Å². The first-order valence-electron chi connectivity index (χ1n) is 5.63. The van der Waals surface area contributed by atoms with Crippen LogP contribution in [0.1, 0.15) is 52.4 Å². The Labute approximate surface area is 87.9 Å². The molecule has 1 heteroatoms. The summed E-state index contributed by atoms with van der Waals surface area (Å²) in [5, 5.41) is 0. The van der Waals surface area contributed by atoms with Crippen LogP contribution in [0.3, 0.4) is 0 Å². The van der Waals surface area contributed by atoms with Crippen molar-refractivity contribution in [1.82, 2.24) is 0 Å². The van der Waals surface area contributed by atoms with Gasteiger partial charge in [0.05, 0.1) is 0 Å². The van der Waals surface area contributed by atoms with Gasteiger partial charge in [0.15, 0.2) is 0 Å². The fraction of sp³-hybridized carbons (Fsp3) is 0.615. The van der Waals surface area contributed by atoms with Crippen molar-refractivity contribution in [3.05, 3.63) is 24.3 Å². The maximum absolute atomic E-state index is 11.3. The molecule has 0 fully saturated rings. The smallest absolute Gasteiger partial charge is 0.140 e. The van der Waals surface area contributed by atoms with Crippen LogP contribution in [0.25, 0.3) is 0 Å². The van der Waals surface area contributed by atoms with Crippen LogP contribution in [0.15, 0.2) is 24.3 Å². The Hall–Kier alpha value is -0.850. The van der Waals surface area contributed by atoms with Crippen LogP contribution in [-0.4, -0.2) is 5.78 Å². The number of unbranched alkanes of at least 4 members (excludes halogenated alkanes) is 2. The van der Waals surface area contributed by atoms with Crippen LogP contribution in [-0.2, 0) is 4.79 Å². The van der Waals surface area contributed by atoms with Gasteiger partial charge < -0.3 is 0 Å². The van der Waals surface area contributed by atoms with Crippen LogP contribution < -0.4 is 0 Å². The predicted molar refractivity (Wildman–Crippen MR) is 62.3 cm³/mol. The normalized spacial score (nSPS) is 11.6. The summed E-state index contributed by atoms with van der Waals surface area (Å²) >= 11 is 0. The second-order valence-electron chi connectivity index (χ2n) is 3.47. The van der Waals surface area contributed by atoms with Crippen molar-refractivity contribution in [2.45, 2.75) is 52.4 Å². The number of hydrogen-bond acceptors (Lipinski definition) is 1. The maximum atomic E-state index is 11.3. The van der Waals surface area contributed by atoms with Crippen molar-refractivity contribution in [1.29, 1.82) is 0 Å². The monoisotopic (exact) mass is 194 g/mol. The molecule has 0 spiro atoms. The molecule has 0 aromatic carbocycles. The van der Waals surface area contributed by atoms with E-state index >= 15 is 0 Å². The van der Waals surface area contributed by atoms with Gasteiger partial charge in [-0.05, 0) is 12.8 Å². The highest BCUT2D eigenvalue weighted by molar-refractivity contribution is 5.81. The van der Waals surface area contributed by atoms with E-state index in [1.54, 1.807) is 0 Å². The molecule has 0 atom stereocenters. The van der Waals surface area contributed by atoms with Crippen LogP contribution in [0, 0.1) is 0 Å². The molecule has 80 valence electrons. The number of allylic oxidation sites excluding steroid dienone is 4. The highest BCUT2D eigenvalue weighted by atomic mass is 16.1. The van der Waals surface area contributed by atoms with Gasteiger partial charge >= 0.3 is 0 Å². The van der Waals surface area contributed by atoms with E-state index in [9.17, 15) is 4.79 Å². The summed E-state index contributed by atoms with van der Waals surface area (Å²) in [4.78, 5) is 11.3. The SMILES string of the molecule is CCC/C=C\CC(=O)C/C=C\CCC. The average molecular weight is 194 g/mol. The Morgan fingerprint density at radius 2 is 1.29 bits per heavy atom. The Morgan fingerprint density at radius 3 is 1.64 bits per heavy atom. The van der Waals surface area contributed by atoms with Gasteiger partial charge in [0.25, 0.3) is 0 Å². The van der Waals surface area contributed by atoms with E-state index < -0.39 is 0 Å². The third-order valence-corrected chi connectivity index (χ3v) is 1.94. The Kier molecular flexibility index (Phi) is 9.61. The van der Waals surface area contributed by atoms with Crippen LogP contribution >= 0.6 is 0 Å². The highest BCUT2D eigenvalue weighted by Gasteiger charge is 1.93. The van der Waals surface area contributed by atoms with Gasteiger partial charge in [0, 0.05) is 12.8 Å². The number of rotatable bonds is 8. The molecule has 0 aromatic heterocycles. The Morgan fingerprint density at radius 1 is 0.857 bits per heavy atom. The largest absolute Gasteiger partial charge is 0.299 e. The molecule has 0 unspecified atom stereocenters. The van der Waals surface area contributed by atoms with Crippen molar-refractivity contribution in [2.75, 3.05) is 0 Å². The molecule has 0 aliphatic rings. The topological polar surface area (TPSA) is 17.1 Å². The molecular formula is C13H22O. The maximum Gasteiger partial charge on any atom is 0.140 e. The van der Waals surface area contributed by atoms with E-state index in [1.165, 1.54) is 0 Å². The van der Waals surface area contributed by atoms with Crippen molar-refractivity contribution >= 4 is 5.78 Å². The van der Waals surface area contributed by atoms with Gasteiger partial charge in [-0.2, -0.15) is 0 Å². The number of hydrogen-bond donors (Lipinski definition) is 0. The summed E-state index contributed by atoms with van der Waals surface area (Å²) in [5.41, 5.74) is 0. The molecule has 0 N–H and O–H groups in total. The van der Waals surface area contributed by atoms with Gasteiger partial charge in [-0.25, -0.2) is 0 Å². The minimum atomic E-state index is 0.310. The lowest BCUT2D eigenvalue weighted by atomic mass is 10.1. The second-order valence-corrected chi connectivity index (χ2v) is 3.47. The molecule has 1 nitrogen and oxygen atoms in total. The van der Waals surface area contributed by atoms with E-state index in [0.717, 1.165) is 25.7 Å². The summed E-state index contributed by atoms with van der Waals surface area (Å²) < 4.78 is 0. The standard InChI is InChI=1S/C13H22O/c1-3-5-7-9-11-13(14)12-10-8-6-4-2/h7-10H,3-6,11-12H2,1-2H3/b9-7-,10-8-. The van der Waals surface area contributed by atoms with Gasteiger partial charge in [-0.3, -0.25) is 4.79 Å². The first-order valence-corrected chi connectivity index (χ1v) is 5.63. The zero-order chi connectivity index (χ0) is 10.6. The predicted octanol–water partition coefficient (Wildman–Crippen LogP) is 4.05. The number of Topliss-reactive ketones (excluding diaryl/α,β-unsaturated/α-hetero) is 1. The molecule has 0 amide bonds. The molecule has 0 bridgehead atoms. The molecular weight excluding hydrogens is 172 g/mol. The quantitative estimate of drug-likeness (QED) is 0.533. The molecule has 14 heavy (non-hydrogen) atoms. The van der Waals surface area contributed by atoms with E-state index in [1.807, 2.05) is 12.2 Å². The third kappa shape index (κ3) is 9.24. The van der Waals surface area contributed by atoms with Crippen molar-refractivity contribution < 1.29 is 4.79 Å². The van der Waals surface area contributed by atoms with E-state index in [4.69, 9.17) is 0 Å². The molecule has 0 radical (unpaired) electrons. The van der Waals surface area contributed by atoms with Crippen molar-refractivity contribution in [2.24, 2.45) is 0 Å². The summed E-state index contributed by atoms with van der Waals surface area (Å²) in [7, 11) is 0.